The molecule has 1 aromatic carbocycles. The van der Waals surface area contributed by atoms with Crippen LogP contribution in [0.5, 0.6) is 0 Å². The number of aromatic nitrogens is 1. The Labute approximate surface area is 120 Å². The van der Waals surface area contributed by atoms with Crippen LogP contribution in [0.3, 0.4) is 0 Å². The van der Waals surface area contributed by atoms with Gasteiger partial charge in [0.25, 0.3) is 5.91 Å². The number of nitrogens with one attached hydrogen (secondary N) is 1. The first-order chi connectivity index (χ1) is 9.56. The lowest BCUT2D eigenvalue weighted by Crippen LogP contribution is -2.30. The van der Waals surface area contributed by atoms with Crippen molar-refractivity contribution in [2.24, 2.45) is 0 Å². The third kappa shape index (κ3) is 3.85. The van der Waals surface area contributed by atoms with Crippen molar-refractivity contribution in [1.82, 2.24) is 10.3 Å². The van der Waals surface area contributed by atoms with Crippen molar-refractivity contribution in [3.8, 4) is 0 Å². The number of halogens is 1. The number of aliphatic hydroxyl groups is 1. The van der Waals surface area contributed by atoms with Gasteiger partial charge in [0.1, 0.15) is 11.5 Å². The fraction of sp³-hybridized carbons (Fsp3) is 0.286. The van der Waals surface area contributed by atoms with Gasteiger partial charge in [-0.3, -0.25) is 4.79 Å². The molecule has 4 nitrogen and oxygen atoms in total. The molecule has 0 aliphatic carbocycles. The lowest BCUT2D eigenvalue weighted by atomic mass is 10.1. The number of amides is 1. The van der Waals surface area contributed by atoms with Gasteiger partial charge in [0.05, 0.1) is 11.1 Å². The molecular formula is C14H15FN2O2S. The first kappa shape index (κ1) is 14.6. The van der Waals surface area contributed by atoms with Crippen LogP contribution in [0, 0.1) is 5.82 Å². The Morgan fingerprint density at radius 2 is 2.25 bits per heavy atom. The Balaban J connectivity index is 2.02. The zero-order valence-electron chi connectivity index (χ0n) is 11.0. The molecule has 1 unspecified atom stereocenters. The predicted octanol–water partition coefficient (Wildman–Crippen LogP) is 1.98. The first-order valence-corrected chi connectivity index (χ1v) is 7.08. The van der Waals surface area contributed by atoms with E-state index in [9.17, 15) is 9.18 Å². The van der Waals surface area contributed by atoms with E-state index in [1.165, 1.54) is 17.4 Å². The molecule has 2 N–H and O–H groups in total. The van der Waals surface area contributed by atoms with Crippen LogP contribution in [0.25, 0.3) is 0 Å². The highest BCUT2D eigenvalue weighted by Gasteiger charge is 2.12. The lowest BCUT2D eigenvalue weighted by molar-refractivity contribution is 0.0919. The quantitative estimate of drug-likeness (QED) is 0.886. The van der Waals surface area contributed by atoms with Gasteiger partial charge in [0, 0.05) is 18.3 Å². The molecule has 6 heteroatoms. The predicted molar refractivity (Wildman–Crippen MR) is 75.3 cm³/mol. The van der Waals surface area contributed by atoms with Crippen LogP contribution < -0.4 is 5.32 Å². The van der Waals surface area contributed by atoms with Gasteiger partial charge in [-0.25, -0.2) is 9.37 Å². The molecule has 2 aromatic rings. The van der Waals surface area contributed by atoms with Gasteiger partial charge in [0.15, 0.2) is 0 Å². The van der Waals surface area contributed by atoms with Crippen molar-refractivity contribution in [3.05, 3.63) is 51.7 Å². The number of benzene rings is 1. The fourth-order valence-electron chi connectivity index (χ4n) is 1.63. The van der Waals surface area contributed by atoms with Gasteiger partial charge in [0.2, 0.25) is 0 Å². The fourth-order valence-corrected chi connectivity index (χ4v) is 2.43. The van der Waals surface area contributed by atoms with Crippen molar-refractivity contribution in [2.75, 3.05) is 6.54 Å². The summed E-state index contributed by atoms with van der Waals surface area (Å²) in [6, 6.07) is 6.50. The highest BCUT2D eigenvalue weighted by atomic mass is 32.1. The molecule has 106 valence electrons. The number of hydrogen-bond acceptors (Lipinski definition) is 4. The molecule has 1 amide bonds. The highest BCUT2D eigenvalue weighted by molar-refractivity contribution is 7.09. The van der Waals surface area contributed by atoms with Crippen molar-refractivity contribution in [1.29, 1.82) is 0 Å². The van der Waals surface area contributed by atoms with Gasteiger partial charge < -0.3 is 10.4 Å². The second kappa shape index (κ2) is 6.58. The Bertz CT molecular complexity index is 598. The first-order valence-electron chi connectivity index (χ1n) is 6.20. The van der Waals surface area contributed by atoms with E-state index in [2.05, 4.69) is 10.3 Å². The highest BCUT2D eigenvalue weighted by Crippen LogP contribution is 2.16. The Morgan fingerprint density at radius 3 is 2.95 bits per heavy atom. The van der Waals surface area contributed by atoms with E-state index in [4.69, 9.17) is 5.11 Å². The van der Waals surface area contributed by atoms with Crippen LogP contribution in [0.2, 0.25) is 0 Å². The summed E-state index contributed by atoms with van der Waals surface area (Å²) in [4.78, 5) is 15.9. The maximum absolute atomic E-state index is 13.5. The molecular weight excluding hydrogens is 279 g/mol. The van der Waals surface area contributed by atoms with E-state index in [1.807, 2.05) is 0 Å². The van der Waals surface area contributed by atoms with Crippen LogP contribution in [-0.4, -0.2) is 28.6 Å². The molecule has 1 atom stereocenters. The van der Waals surface area contributed by atoms with Crippen LogP contribution >= 0.6 is 11.3 Å². The van der Waals surface area contributed by atoms with E-state index in [0.717, 1.165) is 0 Å². The van der Waals surface area contributed by atoms with Crippen molar-refractivity contribution >= 4 is 17.2 Å². The molecule has 1 aromatic heterocycles. The normalized spacial score (nSPS) is 12.2. The lowest BCUT2D eigenvalue weighted by Gasteiger charge is -2.04. The van der Waals surface area contributed by atoms with Gasteiger partial charge in [-0.15, -0.1) is 11.3 Å². The van der Waals surface area contributed by atoms with Crippen molar-refractivity contribution < 1.29 is 14.3 Å². The van der Waals surface area contributed by atoms with E-state index < -0.39 is 6.10 Å². The SMILES string of the molecule is CC(O)CNC(=O)c1csc(Cc2ccccc2F)n1. The molecule has 0 aliphatic heterocycles. The summed E-state index contributed by atoms with van der Waals surface area (Å²) in [6.07, 6.45) is -0.239. The summed E-state index contributed by atoms with van der Waals surface area (Å²) in [5, 5.41) is 14.0. The summed E-state index contributed by atoms with van der Waals surface area (Å²) < 4.78 is 13.5. The molecule has 0 spiro atoms. The molecule has 0 aliphatic rings. The molecule has 0 radical (unpaired) electrons. The molecule has 0 bridgehead atoms. The second-order valence-corrected chi connectivity index (χ2v) is 5.40. The van der Waals surface area contributed by atoms with Crippen molar-refractivity contribution in [3.63, 3.8) is 0 Å². The maximum Gasteiger partial charge on any atom is 0.270 e. The van der Waals surface area contributed by atoms with Crippen LogP contribution in [0.4, 0.5) is 4.39 Å². The van der Waals surface area contributed by atoms with E-state index >= 15 is 0 Å². The minimum atomic E-state index is -0.601. The summed E-state index contributed by atoms with van der Waals surface area (Å²) in [5.74, 6) is -0.607. The summed E-state index contributed by atoms with van der Waals surface area (Å²) >= 11 is 1.31. The molecule has 1 heterocycles. The summed E-state index contributed by atoms with van der Waals surface area (Å²) in [7, 11) is 0. The number of aliphatic hydroxyl groups excluding tert-OH is 1. The topological polar surface area (TPSA) is 62.2 Å². The number of carbonyl (C=O) groups excluding carboxylic acids is 1. The molecule has 2 rings (SSSR count). The van der Waals surface area contributed by atoms with Crippen molar-refractivity contribution in [2.45, 2.75) is 19.4 Å². The standard InChI is InChI=1S/C14H15FN2O2S/c1-9(18)7-16-14(19)12-8-20-13(17-12)6-10-4-2-3-5-11(10)15/h2-5,8-9,18H,6-7H2,1H3,(H,16,19). The monoisotopic (exact) mass is 294 g/mol. The Kier molecular flexibility index (Phi) is 4.81. The zero-order valence-corrected chi connectivity index (χ0v) is 11.8. The smallest absolute Gasteiger partial charge is 0.270 e. The third-order valence-electron chi connectivity index (χ3n) is 2.64. The molecule has 0 saturated carbocycles. The van der Waals surface area contributed by atoms with E-state index in [-0.39, 0.29) is 18.3 Å². The van der Waals surface area contributed by atoms with Crippen LogP contribution in [0.1, 0.15) is 28.0 Å². The Hall–Kier alpha value is -1.79. The largest absolute Gasteiger partial charge is 0.392 e. The average molecular weight is 294 g/mol. The summed E-state index contributed by atoms with van der Waals surface area (Å²) in [5.41, 5.74) is 0.847. The number of rotatable bonds is 5. The Morgan fingerprint density at radius 1 is 1.50 bits per heavy atom. The average Bonchev–Trinajstić information content (AvgIpc) is 2.87. The molecule has 0 saturated heterocycles. The van der Waals surface area contributed by atoms with E-state index in [1.54, 1.807) is 30.5 Å². The minimum absolute atomic E-state index is 0.180. The molecule has 0 fully saturated rings. The summed E-state index contributed by atoms with van der Waals surface area (Å²) in [6.45, 7) is 1.77. The number of carbonyl (C=O) groups is 1. The van der Waals surface area contributed by atoms with Gasteiger partial charge in [-0.1, -0.05) is 18.2 Å². The number of thiazole rings is 1. The van der Waals surface area contributed by atoms with Crippen LogP contribution in [-0.2, 0) is 6.42 Å². The zero-order chi connectivity index (χ0) is 14.5. The third-order valence-corrected chi connectivity index (χ3v) is 3.49. The number of nitrogens with zero attached hydrogens (tertiary/aromatic N) is 1. The van der Waals surface area contributed by atoms with E-state index in [0.29, 0.717) is 22.7 Å². The second-order valence-electron chi connectivity index (χ2n) is 4.45. The van der Waals surface area contributed by atoms with Crippen LogP contribution in [0.15, 0.2) is 29.6 Å². The molecule has 20 heavy (non-hydrogen) atoms. The van der Waals surface area contributed by atoms with Gasteiger partial charge in [-0.05, 0) is 18.6 Å². The van der Waals surface area contributed by atoms with Gasteiger partial charge in [-0.2, -0.15) is 0 Å². The van der Waals surface area contributed by atoms with Gasteiger partial charge >= 0.3 is 0 Å². The maximum atomic E-state index is 13.5. The minimum Gasteiger partial charge on any atom is -0.392 e. The number of hydrogen-bond donors (Lipinski definition) is 2.